The molecule has 0 bridgehead atoms. The average molecular weight is 277 g/mol. The molecule has 0 unspecified atom stereocenters. The van der Waals surface area contributed by atoms with Crippen LogP contribution in [-0.2, 0) is 0 Å². The first kappa shape index (κ1) is 11.6. The Kier molecular flexibility index (Phi) is 3.33. The van der Waals surface area contributed by atoms with Gasteiger partial charge in [-0.05, 0) is 18.2 Å². The van der Waals surface area contributed by atoms with E-state index >= 15 is 0 Å². The number of aromatic nitrogens is 1. The third-order valence-electron chi connectivity index (χ3n) is 2.01. The van der Waals surface area contributed by atoms with Crippen molar-refractivity contribution in [2.75, 3.05) is 0 Å². The summed E-state index contributed by atoms with van der Waals surface area (Å²) in [5.74, 6) is -0.382. The maximum absolute atomic E-state index is 13.0. The molecule has 16 heavy (non-hydrogen) atoms. The molecule has 2 rings (SSSR count). The van der Waals surface area contributed by atoms with Crippen LogP contribution >= 0.6 is 34.8 Å². The third kappa shape index (κ3) is 2.29. The fraction of sp³-hybridized carbons (Fsp3) is 0. The Morgan fingerprint density at radius 1 is 0.938 bits per heavy atom. The van der Waals surface area contributed by atoms with Gasteiger partial charge in [0.1, 0.15) is 5.82 Å². The molecule has 0 aliphatic heterocycles. The molecule has 1 aromatic carbocycles. The van der Waals surface area contributed by atoms with Gasteiger partial charge in [0.2, 0.25) is 0 Å². The number of nitrogens with zero attached hydrogens (tertiary/aromatic N) is 1. The molecule has 0 saturated carbocycles. The van der Waals surface area contributed by atoms with Crippen molar-refractivity contribution in [3.63, 3.8) is 0 Å². The Morgan fingerprint density at radius 2 is 1.62 bits per heavy atom. The zero-order valence-electron chi connectivity index (χ0n) is 7.85. The fourth-order valence-electron chi connectivity index (χ4n) is 1.27. The summed E-state index contributed by atoms with van der Waals surface area (Å²) in [4.78, 5) is 4.02. The van der Waals surface area contributed by atoms with E-state index in [-0.39, 0.29) is 5.82 Å². The highest BCUT2D eigenvalue weighted by Gasteiger charge is 2.09. The minimum absolute atomic E-state index is 0.354. The second-order valence-corrected chi connectivity index (χ2v) is 4.33. The molecule has 2 aromatic rings. The molecule has 1 nitrogen and oxygen atoms in total. The standard InChI is InChI=1S/C11H5Cl3FN/c12-8-5-10(14)9(13)4-7(8)11-3-6(15)1-2-16-11/h1-5H. The Labute approximate surface area is 107 Å². The summed E-state index contributed by atoms with van der Waals surface area (Å²) in [7, 11) is 0. The number of pyridine rings is 1. The van der Waals surface area contributed by atoms with Crippen LogP contribution in [0.2, 0.25) is 15.1 Å². The minimum Gasteiger partial charge on any atom is -0.256 e. The van der Waals surface area contributed by atoms with E-state index in [0.717, 1.165) is 0 Å². The van der Waals surface area contributed by atoms with Crippen LogP contribution < -0.4 is 0 Å². The van der Waals surface area contributed by atoms with Gasteiger partial charge >= 0.3 is 0 Å². The van der Waals surface area contributed by atoms with Crippen LogP contribution in [0.25, 0.3) is 11.3 Å². The van der Waals surface area contributed by atoms with Gasteiger partial charge in [0.15, 0.2) is 0 Å². The Morgan fingerprint density at radius 3 is 2.31 bits per heavy atom. The van der Waals surface area contributed by atoms with Crippen molar-refractivity contribution in [2.24, 2.45) is 0 Å². The van der Waals surface area contributed by atoms with Gasteiger partial charge in [0, 0.05) is 17.8 Å². The lowest BCUT2D eigenvalue weighted by Gasteiger charge is -2.05. The van der Waals surface area contributed by atoms with Gasteiger partial charge in [-0.25, -0.2) is 4.39 Å². The van der Waals surface area contributed by atoms with Crippen molar-refractivity contribution in [3.8, 4) is 11.3 Å². The van der Waals surface area contributed by atoms with Crippen molar-refractivity contribution in [2.45, 2.75) is 0 Å². The van der Waals surface area contributed by atoms with E-state index in [4.69, 9.17) is 34.8 Å². The van der Waals surface area contributed by atoms with Gasteiger partial charge in [0.25, 0.3) is 0 Å². The molecule has 5 heteroatoms. The number of halogens is 4. The lowest BCUT2D eigenvalue weighted by atomic mass is 10.1. The molecule has 0 fully saturated rings. The topological polar surface area (TPSA) is 12.9 Å². The lowest BCUT2D eigenvalue weighted by molar-refractivity contribution is 0.626. The summed E-state index contributed by atoms with van der Waals surface area (Å²) >= 11 is 17.6. The zero-order valence-corrected chi connectivity index (χ0v) is 10.1. The summed E-state index contributed by atoms with van der Waals surface area (Å²) in [6.45, 7) is 0. The molecule has 1 aromatic heterocycles. The van der Waals surface area contributed by atoms with Gasteiger partial charge in [-0.3, -0.25) is 4.98 Å². The predicted molar refractivity (Wildman–Crippen MR) is 64.7 cm³/mol. The van der Waals surface area contributed by atoms with Gasteiger partial charge in [-0.1, -0.05) is 34.8 Å². The fourth-order valence-corrected chi connectivity index (χ4v) is 1.91. The largest absolute Gasteiger partial charge is 0.256 e. The maximum Gasteiger partial charge on any atom is 0.126 e. The maximum atomic E-state index is 13.0. The number of hydrogen-bond donors (Lipinski definition) is 0. The first-order valence-corrected chi connectivity index (χ1v) is 5.48. The lowest BCUT2D eigenvalue weighted by Crippen LogP contribution is -1.86. The molecule has 1 heterocycles. The van der Waals surface area contributed by atoms with Crippen LogP contribution in [0, 0.1) is 5.82 Å². The highest BCUT2D eigenvalue weighted by molar-refractivity contribution is 6.44. The first-order chi connectivity index (χ1) is 7.58. The van der Waals surface area contributed by atoms with Gasteiger partial charge < -0.3 is 0 Å². The smallest absolute Gasteiger partial charge is 0.126 e. The normalized spacial score (nSPS) is 10.5. The summed E-state index contributed by atoms with van der Waals surface area (Å²) in [6.07, 6.45) is 1.36. The Bertz CT molecular complexity index is 543. The van der Waals surface area contributed by atoms with E-state index < -0.39 is 0 Å². The number of hydrogen-bond acceptors (Lipinski definition) is 1. The average Bonchev–Trinajstić information content (AvgIpc) is 2.23. The minimum atomic E-state index is -0.382. The molecule has 82 valence electrons. The molecule has 0 aliphatic rings. The van der Waals surface area contributed by atoms with Gasteiger partial charge in [0.05, 0.1) is 20.8 Å². The zero-order chi connectivity index (χ0) is 11.7. The summed E-state index contributed by atoms with van der Waals surface area (Å²) in [5.41, 5.74) is 0.971. The first-order valence-electron chi connectivity index (χ1n) is 4.34. The molecule has 0 radical (unpaired) electrons. The van der Waals surface area contributed by atoms with Crippen molar-refractivity contribution in [1.29, 1.82) is 0 Å². The summed E-state index contributed by atoms with van der Waals surface area (Å²) in [5, 5.41) is 1.09. The molecule has 0 spiro atoms. The van der Waals surface area contributed by atoms with Crippen molar-refractivity contribution in [3.05, 3.63) is 51.3 Å². The van der Waals surface area contributed by atoms with E-state index in [0.29, 0.717) is 26.3 Å². The molecule has 0 amide bonds. The van der Waals surface area contributed by atoms with Crippen LogP contribution in [0.5, 0.6) is 0 Å². The monoisotopic (exact) mass is 275 g/mol. The molecule has 0 atom stereocenters. The molecular weight excluding hydrogens is 271 g/mol. The van der Waals surface area contributed by atoms with Gasteiger partial charge in [-0.15, -0.1) is 0 Å². The third-order valence-corrected chi connectivity index (χ3v) is 3.04. The van der Waals surface area contributed by atoms with E-state index in [1.54, 1.807) is 6.07 Å². The SMILES string of the molecule is Fc1ccnc(-c2cc(Cl)c(Cl)cc2Cl)c1. The number of benzene rings is 1. The van der Waals surface area contributed by atoms with Crippen molar-refractivity contribution >= 4 is 34.8 Å². The van der Waals surface area contributed by atoms with E-state index in [2.05, 4.69) is 4.98 Å². The van der Waals surface area contributed by atoms with Crippen LogP contribution in [0.1, 0.15) is 0 Å². The number of rotatable bonds is 1. The summed E-state index contributed by atoms with van der Waals surface area (Å²) < 4.78 is 13.0. The quantitative estimate of drug-likeness (QED) is 0.679. The van der Waals surface area contributed by atoms with E-state index in [9.17, 15) is 4.39 Å². The van der Waals surface area contributed by atoms with E-state index in [1.807, 2.05) is 0 Å². The van der Waals surface area contributed by atoms with Crippen LogP contribution in [0.3, 0.4) is 0 Å². The highest BCUT2D eigenvalue weighted by Crippen LogP contribution is 2.34. The predicted octanol–water partition coefficient (Wildman–Crippen LogP) is 4.85. The van der Waals surface area contributed by atoms with Crippen molar-refractivity contribution < 1.29 is 4.39 Å². The molecule has 0 N–H and O–H groups in total. The van der Waals surface area contributed by atoms with Crippen LogP contribution in [0.4, 0.5) is 4.39 Å². The van der Waals surface area contributed by atoms with Gasteiger partial charge in [-0.2, -0.15) is 0 Å². The van der Waals surface area contributed by atoms with Crippen molar-refractivity contribution in [1.82, 2.24) is 4.98 Å². The Balaban J connectivity index is 2.60. The molecule has 0 saturated heterocycles. The highest BCUT2D eigenvalue weighted by atomic mass is 35.5. The van der Waals surface area contributed by atoms with Crippen LogP contribution in [0.15, 0.2) is 30.5 Å². The second-order valence-electron chi connectivity index (χ2n) is 3.11. The Hall–Kier alpha value is -0.830. The second kappa shape index (κ2) is 4.58. The molecule has 0 aliphatic carbocycles. The van der Waals surface area contributed by atoms with E-state index in [1.165, 1.54) is 24.4 Å². The summed E-state index contributed by atoms with van der Waals surface area (Å²) in [6, 6.07) is 5.61. The van der Waals surface area contributed by atoms with Crippen LogP contribution in [-0.4, -0.2) is 4.98 Å². The molecular formula is C11H5Cl3FN.